The molecular formula is C17H26N2O2. The Kier molecular flexibility index (Phi) is 5.94. The molecule has 0 radical (unpaired) electrons. The summed E-state index contributed by atoms with van der Waals surface area (Å²) in [5.74, 6) is 0.401. The molecule has 0 bridgehead atoms. The molecule has 0 fully saturated rings. The number of esters is 1. The topological polar surface area (TPSA) is 43.6 Å². The average Bonchev–Trinajstić information content (AvgIpc) is 2.70. The van der Waals surface area contributed by atoms with Crippen LogP contribution in [0.2, 0.25) is 0 Å². The number of carbonyl (C=O) groups excluding carboxylic acids is 1. The van der Waals surface area contributed by atoms with Gasteiger partial charge in [-0.15, -0.1) is 0 Å². The summed E-state index contributed by atoms with van der Waals surface area (Å²) in [6, 6.07) is 0. The van der Waals surface area contributed by atoms with E-state index < -0.39 is 0 Å². The third-order valence-corrected chi connectivity index (χ3v) is 3.85. The summed E-state index contributed by atoms with van der Waals surface area (Å²) in [7, 11) is 0. The number of hydrogen-bond donors (Lipinski definition) is 0. The molecular weight excluding hydrogens is 264 g/mol. The molecule has 116 valence electrons. The third kappa shape index (κ3) is 3.26. The van der Waals surface area contributed by atoms with E-state index in [-0.39, 0.29) is 11.9 Å². The van der Waals surface area contributed by atoms with Gasteiger partial charge in [0.25, 0.3) is 0 Å². The van der Waals surface area contributed by atoms with E-state index in [2.05, 4.69) is 32.6 Å². The molecule has 0 N–H and O–H groups in total. The lowest BCUT2D eigenvalue weighted by molar-refractivity contribution is 0.0525. The molecule has 0 saturated carbocycles. The molecule has 1 aromatic heterocycles. The van der Waals surface area contributed by atoms with Gasteiger partial charge in [0.05, 0.1) is 17.9 Å². The Morgan fingerprint density at radius 3 is 2.48 bits per heavy atom. The van der Waals surface area contributed by atoms with Crippen LogP contribution in [0.4, 0.5) is 0 Å². The molecule has 0 spiro atoms. The minimum absolute atomic E-state index is 0.266. The van der Waals surface area contributed by atoms with E-state index in [1.165, 1.54) is 0 Å². The first-order chi connectivity index (χ1) is 9.90. The summed E-state index contributed by atoms with van der Waals surface area (Å²) in [6.07, 6.45) is 3.77. The van der Waals surface area contributed by atoms with E-state index in [0.29, 0.717) is 18.1 Å². The maximum atomic E-state index is 12.3. The lowest BCUT2D eigenvalue weighted by Gasteiger charge is -2.18. The van der Waals surface area contributed by atoms with Gasteiger partial charge < -0.3 is 4.74 Å². The Morgan fingerprint density at radius 1 is 1.43 bits per heavy atom. The number of aromatic nitrogens is 1. The second kappa shape index (κ2) is 7.25. The second-order valence-electron chi connectivity index (χ2n) is 5.48. The minimum Gasteiger partial charge on any atom is -0.462 e. The number of carbonyl (C=O) groups is 1. The maximum absolute atomic E-state index is 12.3. The zero-order valence-corrected chi connectivity index (χ0v) is 13.9. The highest BCUT2D eigenvalue weighted by molar-refractivity contribution is 5.95. The highest BCUT2D eigenvalue weighted by atomic mass is 16.5. The normalized spacial score (nSPS) is 12.9. The van der Waals surface area contributed by atoms with Crippen molar-refractivity contribution in [1.29, 1.82) is 0 Å². The van der Waals surface area contributed by atoms with Gasteiger partial charge in [0.15, 0.2) is 0 Å². The Labute approximate surface area is 127 Å². The largest absolute Gasteiger partial charge is 0.462 e. The highest BCUT2D eigenvalue weighted by Gasteiger charge is 2.28. The van der Waals surface area contributed by atoms with E-state index in [0.717, 1.165) is 17.0 Å². The number of hydrogen-bond acceptors (Lipinski definition) is 3. The predicted molar refractivity (Wildman–Crippen MR) is 88.0 cm³/mol. The van der Waals surface area contributed by atoms with E-state index >= 15 is 0 Å². The molecule has 0 aliphatic rings. The SMILES string of the molecule is C=Nn1c(C=CC)c(C(=O)OCC)c(C)c1C(C)C(C)C. The number of rotatable bonds is 6. The van der Waals surface area contributed by atoms with Crippen LogP contribution in [0.5, 0.6) is 0 Å². The zero-order valence-electron chi connectivity index (χ0n) is 13.9. The van der Waals surface area contributed by atoms with Gasteiger partial charge >= 0.3 is 5.97 Å². The first-order valence-electron chi connectivity index (χ1n) is 7.42. The Morgan fingerprint density at radius 2 is 2.05 bits per heavy atom. The number of allylic oxidation sites excluding steroid dienone is 1. The van der Waals surface area contributed by atoms with Crippen LogP contribution in [-0.2, 0) is 4.74 Å². The van der Waals surface area contributed by atoms with Crippen LogP contribution in [0.1, 0.15) is 67.8 Å². The first-order valence-corrected chi connectivity index (χ1v) is 7.42. The van der Waals surface area contributed by atoms with Crippen molar-refractivity contribution in [2.24, 2.45) is 11.0 Å². The Bertz CT molecular complexity index is 554. The summed E-state index contributed by atoms with van der Waals surface area (Å²) < 4.78 is 6.97. The van der Waals surface area contributed by atoms with Crippen molar-refractivity contribution < 1.29 is 9.53 Å². The fraction of sp³-hybridized carbons (Fsp3) is 0.529. The van der Waals surface area contributed by atoms with E-state index in [1.807, 2.05) is 32.9 Å². The standard InChI is InChI=1S/C17H26N2O2/c1-8-10-14-15(17(20)21-9-2)13(6)16(19(14)18-7)12(5)11(3)4/h8,10-12H,7,9H2,1-6H3. The minimum atomic E-state index is -0.303. The summed E-state index contributed by atoms with van der Waals surface area (Å²) in [5, 5.41) is 4.12. The molecule has 0 saturated heterocycles. The van der Waals surface area contributed by atoms with Crippen molar-refractivity contribution >= 4 is 18.8 Å². The lowest BCUT2D eigenvalue weighted by atomic mass is 9.92. The van der Waals surface area contributed by atoms with Crippen LogP contribution in [0.15, 0.2) is 11.2 Å². The fourth-order valence-electron chi connectivity index (χ4n) is 2.49. The van der Waals surface area contributed by atoms with Gasteiger partial charge in [-0.3, -0.25) is 0 Å². The quantitative estimate of drug-likeness (QED) is 0.581. The van der Waals surface area contributed by atoms with E-state index in [4.69, 9.17) is 4.74 Å². The van der Waals surface area contributed by atoms with Crippen molar-refractivity contribution in [3.05, 3.63) is 28.6 Å². The molecule has 1 heterocycles. The fourth-order valence-corrected chi connectivity index (χ4v) is 2.49. The summed E-state index contributed by atoms with van der Waals surface area (Å²) in [5.41, 5.74) is 3.28. The summed E-state index contributed by atoms with van der Waals surface area (Å²) in [4.78, 5) is 12.3. The Hall–Kier alpha value is -1.84. The summed E-state index contributed by atoms with van der Waals surface area (Å²) >= 11 is 0. The van der Waals surface area contributed by atoms with Gasteiger partial charge in [-0.1, -0.05) is 26.8 Å². The van der Waals surface area contributed by atoms with Crippen LogP contribution in [0, 0.1) is 12.8 Å². The van der Waals surface area contributed by atoms with Crippen molar-refractivity contribution in [2.75, 3.05) is 6.61 Å². The smallest absolute Gasteiger partial charge is 0.340 e. The number of nitrogens with zero attached hydrogens (tertiary/aromatic N) is 2. The van der Waals surface area contributed by atoms with Crippen LogP contribution in [0.25, 0.3) is 6.08 Å². The Balaban J connectivity index is 3.63. The van der Waals surface area contributed by atoms with Crippen molar-refractivity contribution in [2.45, 2.75) is 47.5 Å². The molecule has 0 amide bonds. The molecule has 21 heavy (non-hydrogen) atoms. The molecule has 4 nitrogen and oxygen atoms in total. The molecule has 1 atom stereocenters. The maximum Gasteiger partial charge on any atom is 0.340 e. The van der Waals surface area contributed by atoms with Crippen LogP contribution >= 0.6 is 0 Å². The second-order valence-corrected chi connectivity index (χ2v) is 5.48. The molecule has 1 aromatic rings. The van der Waals surface area contributed by atoms with Crippen molar-refractivity contribution in [1.82, 2.24) is 4.68 Å². The van der Waals surface area contributed by atoms with E-state index in [9.17, 15) is 4.79 Å². The molecule has 0 aliphatic carbocycles. The monoisotopic (exact) mass is 290 g/mol. The third-order valence-electron chi connectivity index (χ3n) is 3.85. The van der Waals surface area contributed by atoms with Gasteiger partial charge in [-0.05, 0) is 38.3 Å². The average molecular weight is 290 g/mol. The van der Waals surface area contributed by atoms with Crippen molar-refractivity contribution in [3.63, 3.8) is 0 Å². The molecule has 0 aliphatic heterocycles. The molecule has 0 aromatic carbocycles. The predicted octanol–water partition coefficient (Wildman–Crippen LogP) is 4.23. The lowest BCUT2D eigenvalue weighted by Crippen LogP contribution is -2.09. The van der Waals surface area contributed by atoms with Crippen molar-refractivity contribution in [3.8, 4) is 0 Å². The number of ether oxygens (including phenoxy) is 1. The van der Waals surface area contributed by atoms with E-state index in [1.54, 1.807) is 4.68 Å². The van der Waals surface area contributed by atoms with Gasteiger partial charge in [-0.2, -0.15) is 5.10 Å². The van der Waals surface area contributed by atoms with Crippen LogP contribution in [0.3, 0.4) is 0 Å². The summed E-state index contributed by atoms with van der Waals surface area (Å²) in [6.45, 7) is 16.1. The van der Waals surface area contributed by atoms with Gasteiger partial charge in [0, 0.05) is 18.3 Å². The molecule has 1 unspecified atom stereocenters. The highest BCUT2D eigenvalue weighted by Crippen LogP contribution is 2.33. The van der Waals surface area contributed by atoms with Crippen LogP contribution in [-0.4, -0.2) is 24.0 Å². The first kappa shape index (κ1) is 17.2. The zero-order chi connectivity index (χ0) is 16.2. The van der Waals surface area contributed by atoms with Gasteiger partial charge in [0.2, 0.25) is 0 Å². The molecule has 1 rings (SSSR count). The van der Waals surface area contributed by atoms with Gasteiger partial charge in [-0.25, -0.2) is 9.47 Å². The van der Waals surface area contributed by atoms with Crippen LogP contribution < -0.4 is 0 Å². The van der Waals surface area contributed by atoms with Gasteiger partial charge in [0.1, 0.15) is 0 Å². The molecule has 4 heteroatoms.